The van der Waals surface area contributed by atoms with Crippen LogP contribution >= 0.6 is 0 Å². The van der Waals surface area contributed by atoms with Gasteiger partial charge < -0.3 is 10.2 Å². The van der Waals surface area contributed by atoms with Gasteiger partial charge in [-0.15, -0.1) is 0 Å². The van der Waals surface area contributed by atoms with Crippen molar-refractivity contribution in [2.24, 2.45) is 0 Å². The number of fused-ring (bicyclic) bond motifs is 1. The average molecular weight is 603 g/mol. The highest BCUT2D eigenvalue weighted by Gasteiger charge is 2.30. The molecule has 9 nitrogen and oxygen atoms in total. The van der Waals surface area contributed by atoms with Gasteiger partial charge in [-0.1, -0.05) is 19.3 Å². The number of halogens is 2. The number of sulfonamides is 1. The zero-order valence-corrected chi connectivity index (χ0v) is 25.5. The molecule has 0 spiro atoms. The normalized spacial score (nSPS) is 20.4. The van der Waals surface area contributed by atoms with Crippen molar-refractivity contribution in [3.05, 3.63) is 46.4 Å². The van der Waals surface area contributed by atoms with Crippen LogP contribution in [-0.2, 0) is 10.0 Å². The van der Waals surface area contributed by atoms with E-state index in [0.29, 0.717) is 35.9 Å². The lowest BCUT2D eigenvalue weighted by atomic mass is 9.91. The molecule has 0 bridgehead atoms. The Morgan fingerprint density at radius 2 is 1.62 bits per heavy atom. The van der Waals surface area contributed by atoms with E-state index in [4.69, 9.17) is 0 Å². The van der Waals surface area contributed by atoms with Crippen LogP contribution in [0.15, 0.2) is 29.2 Å². The minimum atomic E-state index is -3.96. The van der Waals surface area contributed by atoms with Crippen molar-refractivity contribution in [1.82, 2.24) is 19.4 Å². The number of anilines is 2. The lowest BCUT2D eigenvalue weighted by Crippen LogP contribution is -2.36. The highest BCUT2D eigenvalue weighted by atomic mass is 32.2. The lowest BCUT2D eigenvalue weighted by molar-refractivity contribution is 0.221. The van der Waals surface area contributed by atoms with E-state index in [1.807, 2.05) is 13.8 Å². The van der Waals surface area contributed by atoms with E-state index in [9.17, 15) is 13.2 Å². The number of nitrogens with one attached hydrogen (secondary N) is 2. The maximum absolute atomic E-state index is 15.2. The fraction of sp³-hybridized carbons (Fsp3) is 0.567. The molecule has 0 saturated heterocycles. The number of aromatic nitrogens is 3. The van der Waals surface area contributed by atoms with Crippen LogP contribution in [-0.4, -0.2) is 59.3 Å². The number of nitrogens with zero attached hydrogens (tertiary/aromatic N) is 4. The second-order valence-corrected chi connectivity index (χ2v) is 14.1. The molecule has 12 heteroatoms. The molecule has 2 aromatic heterocycles. The molecule has 1 aromatic carbocycles. The molecule has 228 valence electrons. The van der Waals surface area contributed by atoms with E-state index in [1.54, 1.807) is 6.20 Å². The van der Waals surface area contributed by atoms with Gasteiger partial charge in [0, 0.05) is 35.3 Å². The molecule has 5 rings (SSSR count). The largest absolute Gasteiger partial charge is 0.351 e. The van der Waals surface area contributed by atoms with Crippen LogP contribution in [0.25, 0.3) is 22.2 Å². The number of hydrogen-bond acceptors (Lipinski definition) is 7. The third-order valence-electron chi connectivity index (χ3n) is 8.64. The maximum atomic E-state index is 15.2. The van der Waals surface area contributed by atoms with E-state index in [0.717, 1.165) is 57.1 Å². The highest BCUT2D eigenvalue weighted by Crippen LogP contribution is 2.31. The van der Waals surface area contributed by atoms with Crippen LogP contribution in [0.3, 0.4) is 0 Å². The van der Waals surface area contributed by atoms with Crippen LogP contribution in [0, 0.1) is 11.6 Å². The fourth-order valence-electron chi connectivity index (χ4n) is 6.22. The molecular formula is C30H40F2N6O3S. The van der Waals surface area contributed by atoms with E-state index in [-0.39, 0.29) is 23.2 Å². The van der Waals surface area contributed by atoms with Crippen LogP contribution < -0.4 is 15.6 Å². The Kier molecular flexibility index (Phi) is 8.84. The van der Waals surface area contributed by atoms with Crippen molar-refractivity contribution in [1.29, 1.82) is 0 Å². The average Bonchev–Trinajstić information content (AvgIpc) is 2.95. The molecule has 0 aliphatic heterocycles. The summed E-state index contributed by atoms with van der Waals surface area (Å²) in [6, 6.07) is 4.02. The first kappa shape index (κ1) is 30.3. The summed E-state index contributed by atoms with van der Waals surface area (Å²) in [7, 11) is 0.240. The summed E-state index contributed by atoms with van der Waals surface area (Å²) in [6.07, 6.45) is 9.13. The van der Waals surface area contributed by atoms with E-state index >= 15 is 8.78 Å². The van der Waals surface area contributed by atoms with Crippen molar-refractivity contribution in [3.8, 4) is 11.1 Å². The van der Waals surface area contributed by atoms with Gasteiger partial charge in [0.05, 0.1) is 5.25 Å². The molecule has 2 aliphatic carbocycles. The Labute approximate surface area is 245 Å². The van der Waals surface area contributed by atoms with Crippen LogP contribution in [0.2, 0.25) is 0 Å². The molecule has 0 radical (unpaired) electrons. The Morgan fingerprint density at radius 1 is 0.976 bits per heavy atom. The molecule has 3 aromatic rings. The summed E-state index contributed by atoms with van der Waals surface area (Å²) in [4.78, 5) is 25.1. The van der Waals surface area contributed by atoms with Gasteiger partial charge in [-0.05, 0) is 90.2 Å². The van der Waals surface area contributed by atoms with Gasteiger partial charge >= 0.3 is 0 Å². The smallest absolute Gasteiger partial charge is 0.260 e. The number of pyridine rings is 1. The predicted octanol–water partition coefficient (Wildman–Crippen LogP) is 5.68. The minimum absolute atomic E-state index is 0.00627. The molecule has 0 amide bonds. The summed E-state index contributed by atoms with van der Waals surface area (Å²) in [5.74, 6) is -1.73. The van der Waals surface area contributed by atoms with Gasteiger partial charge in [-0.3, -0.25) is 14.1 Å². The van der Waals surface area contributed by atoms with E-state index in [2.05, 4.69) is 39.0 Å². The first-order valence-corrected chi connectivity index (χ1v) is 16.4. The molecule has 2 fully saturated rings. The zero-order valence-electron chi connectivity index (χ0n) is 24.7. The third kappa shape index (κ3) is 6.29. The predicted molar refractivity (Wildman–Crippen MR) is 162 cm³/mol. The second kappa shape index (κ2) is 12.2. The van der Waals surface area contributed by atoms with E-state index < -0.39 is 38.2 Å². The van der Waals surface area contributed by atoms with Crippen molar-refractivity contribution < 1.29 is 17.2 Å². The number of benzene rings is 1. The topological polar surface area (TPSA) is 109 Å². The van der Waals surface area contributed by atoms with Gasteiger partial charge in [0.15, 0.2) is 11.6 Å². The summed E-state index contributed by atoms with van der Waals surface area (Å²) >= 11 is 0. The monoisotopic (exact) mass is 602 g/mol. The SMILES string of the molecule is CC(C)n1c(=O)c(-c2cc(F)c(NS(=O)(=O)C3CCCCC3)c(F)c2)cc2cnc(N[C@H]3CC[C@H](N(C)C)CC3)nc21. The zero-order chi connectivity index (χ0) is 30.2. The van der Waals surface area contributed by atoms with Crippen molar-refractivity contribution in [2.75, 3.05) is 24.1 Å². The quantitative estimate of drug-likeness (QED) is 0.342. The van der Waals surface area contributed by atoms with Crippen molar-refractivity contribution in [3.63, 3.8) is 0 Å². The molecule has 42 heavy (non-hydrogen) atoms. The highest BCUT2D eigenvalue weighted by molar-refractivity contribution is 7.93. The first-order chi connectivity index (χ1) is 19.9. The lowest BCUT2D eigenvalue weighted by Gasteiger charge is -2.33. The number of hydrogen-bond donors (Lipinski definition) is 2. The van der Waals surface area contributed by atoms with Crippen LogP contribution in [0.4, 0.5) is 20.4 Å². The standard InChI is InChI=1S/C30H40F2N6O3S/c1-18(2)38-28-20(17-33-30(35-28)34-21-10-12-22(13-11-21)37(3)4)14-24(29(38)39)19-15-25(31)27(26(32)16-19)36-42(40,41)23-8-6-5-7-9-23/h14-18,21-23,36H,5-13H2,1-4H3,(H,33,34,35)/t21-,22-. The maximum Gasteiger partial charge on any atom is 0.260 e. The molecule has 2 N–H and O–H groups in total. The summed E-state index contributed by atoms with van der Waals surface area (Å²) in [5, 5.41) is 3.28. The van der Waals surface area contributed by atoms with Gasteiger partial charge in [-0.25, -0.2) is 22.2 Å². The molecule has 0 atom stereocenters. The Balaban J connectivity index is 1.45. The minimum Gasteiger partial charge on any atom is -0.351 e. The summed E-state index contributed by atoms with van der Waals surface area (Å²) in [6.45, 7) is 3.68. The second-order valence-electron chi connectivity index (χ2n) is 12.1. The van der Waals surface area contributed by atoms with Gasteiger partial charge in [0.1, 0.15) is 11.3 Å². The van der Waals surface area contributed by atoms with Gasteiger partial charge in [0.25, 0.3) is 5.56 Å². The van der Waals surface area contributed by atoms with E-state index in [1.165, 1.54) is 10.6 Å². The van der Waals surface area contributed by atoms with Crippen molar-refractivity contribution in [2.45, 2.75) is 95.0 Å². The first-order valence-electron chi connectivity index (χ1n) is 14.8. The van der Waals surface area contributed by atoms with Crippen molar-refractivity contribution >= 4 is 32.7 Å². The molecule has 0 unspecified atom stereocenters. The molecule has 2 aliphatic rings. The van der Waals surface area contributed by atoms with Gasteiger partial charge in [0.2, 0.25) is 16.0 Å². The Morgan fingerprint density at radius 3 is 2.21 bits per heavy atom. The third-order valence-corrected chi connectivity index (χ3v) is 10.5. The molecule has 2 saturated carbocycles. The number of rotatable bonds is 8. The molecular weight excluding hydrogens is 562 g/mol. The fourth-order valence-corrected chi connectivity index (χ4v) is 7.82. The van der Waals surface area contributed by atoms with Crippen LogP contribution in [0.5, 0.6) is 0 Å². The summed E-state index contributed by atoms with van der Waals surface area (Å²) in [5.41, 5.74) is -0.680. The van der Waals surface area contributed by atoms with Gasteiger partial charge in [-0.2, -0.15) is 4.98 Å². The van der Waals surface area contributed by atoms with Crippen LogP contribution in [0.1, 0.15) is 77.7 Å². The summed E-state index contributed by atoms with van der Waals surface area (Å²) < 4.78 is 59.7. The molecule has 2 heterocycles. The Bertz CT molecular complexity index is 1590. The Hall–Kier alpha value is -3.12.